The molecule has 0 aliphatic carbocycles. The van der Waals surface area contributed by atoms with Gasteiger partial charge < -0.3 is 4.74 Å². The Balaban J connectivity index is 1.88. The molecular formula is C27H26N2O3S. The van der Waals surface area contributed by atoms with Gasteiger partial charge in [-0.3, -0.25) is 19.8 Å². The second-order valence-corrected chi connectivity index (χ2v) is 8.60. The van der Waals surface area contributed by atoms with Crippen LogP contribution in [0.4, 0.5) is 5.69 Å². The number of amides is 2. The quantitative estimate of drug-likeness (QED) is 0.313. The Labute approximate surface area is 199 Å². The standard InChI is InChI=1S/C27H26N2O3S/c1-5-17(3)32-24-14-13-19-10-6-7-11-20(19)21(24)15-22-25(30)28-27(33)29(26(22)31)23-12-8-9-16(2)18(23)4/h6-15,17H,5H2,1-4H3,(H,28,30,33)/b22-15+/t17-/m1/s1. The number of aryl methyl sites for hydroxylation is 1. The van der Waals surface area contributed by atoms with E-state index < -0.39 is 11.8 Å². The Bertz CT molecular complexity index is 1310. The first-order chi connectivity index (χ1) is 15.8. The summed E-state index contributed by atoms with van der Waals surface area (Å²) >= 11 is 5.38. The SMILES string of the molecule is CC[C@@H](C)Oc1ccc2ccccc2c1/C=C1\C(=O)NC(=S)N(c2cccc(C)c2C)C1=O. The van der Waals surface area contributed by atoms with Crippen LogP contribution in [0.15, 0.2) is 60.2 Å². The minimum atomic E-state index is -0.519. The zero-order chi connectivity index (χ0) is 23.7. The number of hydrogen-bond acceptors (Lipinski definition) is 4. The number of hydrogen-bond donors (Lipinski definition) is 1. The molecule has 0 saturated carbocycles. The molecule has 4 rings (SSSR count). The minimum Gasteiger partial charge on any atom is -0.490 e. The lowest BCUT2D eigenvalue weighted by Crippen LogP contribution is -2.54. The molecule has 0 bridgehead atoms. The Kier molecular flexibility index (Phi) is 6.29. The van der Waals surface area contributed by atoms with Crippen molar-refractivity contribution in [1.29, 1.82) is 0 Å². The fourth-order valence-corrected chi connectivity index (χ4v) is 4.10. The van der Waals surface area contributed by atoms with Crippen LogP contribution in [0, 0.1) is 13.8 Å². The Morgan fingerprint density at radius 2 is 1.82 bits per heavy atom. The fraction of sp³-hybridized carbons (Fsp3) is 0.222. The van der Waals surface area contributed by atoms with E-state index >= 15 is 0 Å². The average molecular weight is 459 g/mol. The first-order valence-electron chi connectivity index (χ1n) is 11.0. The fourth-order valence-electron chi connectivity index (χ4n) is 3.83. The molecule has 1 aliphatic heterocycles. The van der Waals surface area contributed by atoms with Crippen LogP contribution in [0.2, 0.25) is 0 Å². The summed E-state index contributed by atoms with van der Waals surface area (Å²) < 4.78 is 6.16. The van der Waals surface area contributed by atoms with Gasteiger partial charge in [0.1, 0.15) is 11.3 Å². The first-order valence-corrected chi connectivity index (χ1v) is 11.4. The van der Waals surface area contributed by atoms with E-state index in [-0.39, 0.29) is 16.8 Å². The summed E-state index contributed by atoms with van der Waals surface area (Å²) in [4.78, 5) is 27.9. The van der Waals surface area contributed by atoms with E-state index in [4.69, 9.17) is 17.0 Å². The molecule has 1 fully saturated rings. The number of anilines is 1. The number of nitrogens with one attached hydrogen (secondary N) is 1. The molecule has 1 saturated heterocycles. The van der Waals surface area contributed by atoms with E-state index in [0.29, 0.717) is 17.0 Å². The Morgan fingerprint density at radius 1 is 1.06 bits per heavy atom. The highest BCUT2D eigenvalue weighted by Crippen LogP contribution is 2.33. The van der Waals surface area contributed by atoms with E-state index in [2.05, 4.69) is 5.32 Å². The number of carbonyl (C=O) groups excluding carboxylic acids is 2. The van der Waals surface area contributed by atoms with Gasteiger partial charge in [0.25, 0.3) is 11.8 Å². The van der Waals surface area contributed by atoms with Crippen molar-refractivity contribution < 1.29 is 14.3 Å². The topological polar surface area (TPSA) is 58.6 Å². The first kappa shape index (κ1) is 22.7. The predicted molar refractivity (Wildman–Crippen MR) is 136 cm³/mol. The van der Waals surface area contributed by atoms with Gasteiger partial charge in [-0.2, -0.15) is 0 Å². The highest BCUT2D eigenvalue weighted by molar-refractivity contribution is 7.80. The van der Waals surface area contributed by atoms with Crippen LogP contribution >= 0.6 is 12.2 Å². The molecule has 1 heterocycles. The van der Waals surface area contributed by atoms with Gasteiger partial charge in [-0.1, -0.05) is 49.4 Å². The number of fused-ring (bicyclic) bond motifs is 1. The van der Waals surface area contributed by atoms with Gasteiger partial charge in [0.2, 0.25) is 0 Å². The van der Waals surface area contributed by atoms with Gasteiger partial charge in [-0.15, -0.1) is 0 Å². The minimum absolute atomic E-state index is 0.00913. The van der Waals surface area contributed by atoms with E-state index in [9.17, 15) is 9.59 Å². The van der Waals surface area contributed by atoms with E-state index in [1.54, 1.807) is 6.08 Å². The molecule has 6 heteroatoms. The summed E-state index contributed by atoms with van der Waals surface area (Å²) in [5.74, 6) is -0.351. The third-order valence-electron chi connectivity index (χ3n) is 6.04. The Hall–Kier alpha value is -3.51. The molecule has 5 nitrogen and oxygen atoms in total. The molecule has 0 aromatic heterocycles. The van der Waals surface area contributed by atoms with Crippen LogP contribution in [-0.2, 0) is 9.59 Å². The van der Waals surface area contributed by atoms with Gasteiger partial charge >= 0.3 is 0 Å². The average Bonchev–Trinajstić information content (AvgIpc) is 2.80. The van der Waals surface area contributed by atoms with E-state index in [1.165, 1.54) is 4.90 Å². The molecule has 3 aromatic rings. The molecule has 0 unspecified atom stereocenters. The van der Waals surface area contributed by atoms with Crippen LogP contribution in [0.5, 0.6) is 5.75 Å². The maximum Gasteiger partial charge on any atom is 0.270 e. The lowest BCUT2D eigenvalue weighted by molar-refractivity contribution is -0.122. The predicted octanol–water partition coefficient (Wildman–Crippen LogP) is 5.47. The molecule has 1 atom stereocenters. The monoisotopic (exact) mass is 458 g/mol. The zero-order valence-corrected chi connectivity index (χ0v) is 20.0. The molecule has 0 radical (unpaired) electrons. The van der Waals surface area contributed by atoms with Gasteiger partial charge in [0, 0.05) is 5.56 Å². The third kappa shape index (κ3) is 4.26. The normalized spacial score (nSPS) is 16.3. The summed E-state index contributed by atoms with van der Waals surface area (Å²) in [7, 11) is 0. The van der Waals surface area contributed by atoms with E-state index in [0.717, 1.165) is 28.3 Å². The molecule has 0 spiro atoms. The molecule has 1 aliphatic rings. The number of carbonyl (C=O) groups is 2. The van der Waals surface area contributed by atoms with Crippen LogP contribution in [0.25, 0.3) is 16.8 Å². The lowest BCUT2D eigenvalue weighted by atomic mass is 9.99. The highest BCUT2D eigenvalue weighted by atomic mass is 32.1. The highest BCUT2D eigenvalue weighted by Gasteiger charge is 2.35. The molecule has 3 aromatic carbocycles. The van der Waals surface area contributed by atoms with Crippen molar-refractivity contribution in [2.45, 2.75) is 40.2 Å². The largest absolute Gasteiger partial charge is 0.490 e. The molecule has 2 amide bonds. The van der Waals surface area contributed by atoms with Crippen LogP contribution in [0.3, 0.4) is 0 Å². The lowest BCUT2D eigenvalue weighted by Gasteiger charge is -2.30. The van der Waals surface area contributed by atoms with Crippen LogP contribution in [0.1, 0.15) is 37.0 Å². The van der Waals surface area contributed by atoms with Crippen LogP contribution < -0.4 is 15.0 Å². The molecule has 1 N–H and O–H groups in total. The van der Waals surface area contributed by atoms with Crippen molar-refractivity contribution in [2.24, 2.45) is 0 Å². The maximum absolute atomic E-state index is 13.6. The summed E-state index contributed by atoms with van der Waals surface area (Å²) in [6.45, 7) is 7.94. The van der Waals surface area contributed by atoms with Crippen LogP contribution in [-0.4, -0.2) is 23.0 Å². The third-order valence-corrected chi connectivity index (χ3v) is 6.33. The van der Waals surface area contributed by atoms with Crippen molar-refractivity contribution in [1.82, 2.24) is 5.32 Å². The van der Waals surface area contributed by atoms with Gasteiger partial charge in [-0.25, -0.2) is 0 Å². The summed E-state index contributed by atoms with van der Waals surface area (Å²) in [6, 6.07) is 17.4. The summed E-state index contributed by atoms with van der Waals surface area (Å²) in [5, 5.41) is 4.65. The van der Waals surface area contributed by atoms with Crippen molar-refractivity contribution in [3.63, 3.8) is 0 Å². The van der Waals surface area contributed by atoms with Crippen molar-refractivity contribution >= 4 is 51.7 Å². The van der Waals surface area contributed by atoms with Crippen molar-refractivity contribution in [2.75, 3.05) is 4.90 Å². The van der Waals surface area contributed by atoms with Crippen molar-refractivity contribution in [3.8, 4) is 5.75 Å². The number of benzene rings is 3. The van der Waals surface area contributed by atoms with E-state index in [1.807, 2.05) is 82.3 Å². The van der Waals surface area contributed by atoms with Gasteiger partial charge in [0.05, 0.1) is 11.8 Å². The second kappa shape index (κ2) is 9.16. The number of rotatable bonds is 5. The summed E-state index contributed by atoms with van der Waals surface area (Å²) in [6.07, 6.45) is 2.44. The van der Waals surface area contributed by atoms with Crippen molar-refractivity contribution in [3.05, 3.63) is 76.9 Å². The molecule has 33 heavy (non-hydrogen) atoms. The molecular weight excluding hydrogens is 432 g/mol. The smallest absolute Gasteiger partial charge is 0.270 e. The Morgan fingerprint density at radius 3 is 2.58 bits per heavy atom. The second-order valence-electron chi connectivity index (χ2n) is 8.21. The summed E-state index contributed by atoms with van der Waals surface area (Å²) in [5.41, 5.74) is 3.32. The molecule has 168 valence electrons. The number of thiocarbonyl (C=S) groups is 1. The zero-order valence-electron chi connectivity index (χ0n) is 19.1. The van der Waals surface area contributed by atoms with Gasteiger partial charge in [-0.05, 0) is 79.5 Å². The number of nitrogens with zero attached hydrogens (tertiary/aromatic N) is 1. The van der Waals surface area contributed by atoms with Gasteiger partial charge in [0.15, 0.2) is 5.11 Å². The maximum atomic E-state index is 13.6. The number of ether oxygens (including phenoxy) is 1.